The number of hydrogen-bond acceptors (Lipinski definition) is 4. The number of nitrogens with one attached hydrogen (secondary N) is 1. The third kappa shape index (κ3) is 5.15. The van der Waals surface area contributed by atoms with Gasteiger partial charge in [-0.25, -0.2) is 9.97 Å². The molecule has 112 valence electrons. The summed E-state index contributed by atoms with van der Waals surface area (Å²) in [7, 11) is 0. The van der Waals surface area contributed by atoms with E-state index in [2.05, 4.69) is 43.0 Å². The maximum atomic E-state index is 12.4. The van der Waals surface area contributed by atoms with E-state index in [4.69, 9.17) is 0 Å². The number of nitrogens with zero attached hydrogens (tertiary/aromatic N) is 3. The first-order valence-corrected chi connectivity index (χ1v) is 7.43. The van der Waals surface area contributed by atoms with Gasteiger partial charge in [0.2, 0.25) is 0 Å². The van der Waals surface area contributed by atoms with Crippen molar-refractivity contribution in [1.82, 2.24) is 14.9 Å². The van der Waals surface area contributed by atoms with Crippen LogP contribution in [0, 0.1) is 5.92 Å². The molecule has 1 rings (SSSR count). The van der Waals surface area contributed by atoms with E-state index in [1.807, 2.05) is 4.90 Å². The van der Waals surface area contributed by atoms with Gasteiger partial charge in [-0.3, -0.25) is 4.79 Å². The second kappa shape index (κ2) is 8.51. The van der Waals surface area contributed by atoms with Crippen LogP contribution in [0.5, 0.6) is 0 Å². The van der Waals surface area contributed by atoms with Crippen molar-refractivity contribution in [2.24, 2.45) is 5.92 Å². The number of rotatable bonds is 8. The normalized spacial score (nSPS) is 10.7. The Morgan fingerprint density at radius 3 is 2.45 bits per heavy atom. The molecule has 0 aliphatic rings. The van der Waals surface area contributed by atoms with Crippen molar-refractivity contribution < 1.29 is 4.79 Å². The Morgan fingerprint density at radius 1 is 1.25 bits per heavy atom. The molecule has 0 unspecified atom stereocenters. The van der Waals surface area contributed by atoms with Crippen LogP contribution in [0.3, 0.4) is 0 Å². The summed E-state index contributed by atoms with van der Waals surface area (Å²) in [6, 6.07) is 1.74. The fourth-order valence-corrected chi connectivity index (χ4v) is 1.90. The minimum absolute atomic E-state index is 0.0105. The third-order valence-electron chi connectivity index (χ3n) is 2.85. The molecule has 1 amide bonds. The highest BCUT2D eigenvalue weighted by Gasteiger charge is 2.16. The van der Waals surface area contributed by atoms with Gasteiger partial charge in [0.05, 0.1) is 0 Å². The molecule has 0 saturated heterocycles. The Balaban J connectivity index is 2.78. The van der Waals surface area contributed by atoms with Crippen LogP contribution in [0.15, 0.2) is 12.4 Å². The van der Waals surface area contributed by atoms with Crippen molar-refractivity contribution in [2.75, 3.05) is 25.0 Å². The van der Waals surface area contributed by atoms with Crippen LogP contribution in [0.4, 0.5) is 5.82 Å². The van der Waals surface area contributed by atoms with E-state index < -0.39 is 0 Å². The highest BCUT2D eigenvalue weighted by Crippen LogP contribution is 2.09. The van der Waals surface area contributed by atoms with E-state index in [-0.39, 0.29) is 5.91 Å². The zero-order chi connectivity index (χ0) is 15.0. The highest BCUT2D eigenvalue weighted by molar-refractivity contribution is 5.92. The fourth-order valence-electron chi connectivity index (χ4n) is 1.90. The maximum absolute atomic E-state index is 12.4. The zero-order valence-corrected chi connectivity index (χ0v) is 13.0. The summed E-state index contributed by atoms with van der Waals surface area (Å²) in [5.74, 6) is 1.23. The van der Waals surface area contributed by atoms with E-state index in [0.717, 1.165) is 32.5 Å². The van der Waals surface area contributed by atoms with E-state index in [1.165, 1.54) is 6.33 Å². The summed E-state index contributed by atoms with van der Waals surface area (Å²) in [5.41, 5.74) is 0.466. The van der Waals surface area contributed by atoms with Crippen LogP contribution in [-0.4, -0.2) is 40.4 Å². The molecule has 0 atom stereocenters. The molecule has 1 heterocycles. The van der Waals surface area contributed by atoms with Gasteiger partial charge in [-0.05, 0) is 18.8 Å². The second-order valence-electron chi connectivity index (χ2n) is 5.36. The number of anilines is 1. The first-order valence-electron chi connectivity index (χ1n) is 7.43. The average Bonchev–Trinajstić information content (AvgIpc) is 2.44. The minimum Gasteiger partial charge on any atom is -0.370 e. The third-order valence-corrected chi connectivity index (χ3v) is 2.85. The topological polar surface area (TPSA) is 58.1 Å². The zero-order valence-electron chi connectivity index (χ0n) is 13.0. The number of carbonyl (C=O) groups is 1. The van der Waals surface area contributed by atoms with Gasteiger partial charge in [-0.2, -0.15) is 0 Å². The van der Waals surface area contributed by atoms with Gasteiger partial charge in [0, 0.05) is 25.7 Å². The largest absolute Gasteiger partial charge is 0.370 e. The summed E-state index contributed by atoms with van der Waals surface area (Å²) >= 11 is 0. The molecule has 0 fully saturated rings. The van der Waals surface area contributed by atoms with Gasteiger partial charge >= 0.3 is 0 Å². The van der Waals surface area contributed by atoms with Gasteiger partial charge in [0.1, 0.15) is 17.8 Å². The van der Waals surface area contributed by atoms with E-state index >= 15 is 0 Å². The Hall–Kier alpha value is -1.65. The molecule has 0 aromatic carbocycles. The van der Waals surface area contributed by atoms with Gasteiger partial charge in [-0.1, -0.05) is 27.7 Å². The number of carbonyl (C=O) groups excluding carboxylic acids is 1. The molecule has 1 aromatic heterocycles. The van der Waals surface area contributed by atoms with Crippen LogP contribution in [0.1, 0.15) is 51.0 Å². The Labute approximate surface area is 121 Å². The van der Waals surface area contributed by atoms with Crippen molar-refractivity contribution in [3.05, 3.63) is 18.1 Å². The van der Waals surface area contributed by atoms with Crippen molar-refractivity contribution >= 4 is 11.7 Å². The summed E-state index contributed by atoms with van der Waals surface area (Å²) < 4.78 is 0. The molecule has 1 N–H and O–H groups in total. The van der Waals surface area contributed by atoms with Crippen LogP contribution in [0.25, 0.3) is 0 Å². The molecule has 20 heavy (non-hydrogen) atoms. The number of hydrogen-bond donors (Lipinski definition) is 1. The maximum Gasteiger partial charge on any atom is 0.272 e. The smallest absolute Gasteiger partial charge is 0.272 e. The second-order valence-corrected chi connectivity index (χ2v) is 5.36. The van der Waals surface area contributed by atoms with Crippen molar-refractivity contribution in [1.29, 1.82) is 0 Å². The Kier molecular flexibility index (Phi) is 6.98. The minimum atomic E-state index is -0.0105. The monoisotopic (exact) mass is 278 g/mol. The summed E-state index contributed by atoms with van der Waals surface area (Å²) in [5, 5.41) is 3.22. The van der Waals surface area contributed by atoms with Crippen LogP contribution in [-0.2, 0) is 0 Å². The molecule has 0 saturated carbocycles. The molecule has 0 spiro atoms. The summed E-state index contributed by atoms with van der Waals surface area (Å²) in [4.78, 5) is 22.5. The number of aromatic nitrogens is 2. The molecule has 5 nitrogen and oxygen atoms in total. The summed E-state index contributed by atoms with van der Waals surface area (Å²) in [6.45, 7) is 10.8. The van der Waals surface area contributed by atoms with Crippen LogP contribution in [0.2, 0.25) is 0 Å². The SMILES string of the molecule is CCCN(CCC)C(=O)c1cc(NCC(C)C)ncn1. The van der Waals surface area contributed by atoms with E-state index in [0.29, 0.717) is 17.4 Å². The molecule has 5 heteroatoms. The Morgan fingerprint density at radius 2 is 1.90 bits per heavy atom. The van der Waals surface area contributed by atoms with Crippen LogP contribution < -0.4 is 5.32 Å². The van der Waals surface area contributed by atoms with Gasteiger partial charge < -0.3 is 10.2 Å². The molecular formula is C15H26N4O. The average molecular weight is 278 g/mol. The van der Waals surface area contributed by atoms with E-state index in [1.54, 1.807) is 6.07 Å². The molecule has 0 aliphatic heterocycles. The molecular weight excluding hydrogens is 252 g/mol. The lowest BCUT2D eigenvalue weighted by Gasteiger charge is -2.21. The van der Waals surface area contributed by atoms with Crippen LogP contribution >= 0.6 is 0 Å². The highest BCUT2D eigenvalue weighted by atomic mass is 16.2. The lowest BCUT2D eigenvalue weighted by molar-refractivity contribution is 0.0749. The Bertz CT molecular complexity index is 414. The van der Waals surface area contributed by atoms with Gasteiger partial charge in [-0.15, -0.1) is 0 Å². The molecule has 0 radical (unpaired) electrons. The van der Waals surface area contributed by atoms with Gasteiger partial charge in [0.15, 0.2) is 0 Å². The lowest BCUT2D eigenvalue weighted by atomic mass is 10.2. The standard InChI is InChI=1S/C15H26N4O/c1-5-7-19(8-6-2)15(20)13-9-14(18-11-17-13)16-10-12(3)4/h9,11-12H,5-8,10H2,1-4H3,(H,16,17,18). The van der Waals surface area contributed by atoms with Crippen molar-refractivity contribution in [3.8, 4) is 0 Å². The predicted molar refractivity (Wildman–Crippen MR) is 81.8 cm³/mol. The lowest BCUT2D eigenvalue weighted by Crippen LogP contribution is -2.33. The first kappa shape index (κ1) is 16.4. The first-order chi connectivity index (χ1) is 9.58. The molecule has 0 bridgehead atoms. The summed E-state index contributed by atoms with van der Waals surface area (Å²) in [6.07, 6.45) is 3.36. The fraction of sp³-hybridized carbons (Fsp3) is 0.667. The van der Waals surface area contributed by atoms with Crippen molar-refractivity contribution in [3.63, 3.8) is 0 Å². The van der Waals surface area contributed by atoms with Gasteiger partial charge in [0.25, 0.3) is 5.91 Å². The quantitative estimate of drug-likeness (QED) is 0.794. The van der Waals surface area contributed by atoms with E-state index in [9.17, 15) is 4.79 Å². The molecule has 1 aromatic rings. The number of amides is 1. The van der Waals surface area contributed by atoms with Crippen molar-refractivity contribution in [2.45, 2.75) is 40.5 Å². The molecule has 0 aliphatic carbocycles. The predicted octanol–water partition coefficient (Wildman–Crippen LogP) is 2.81.